The van der Waals surface area contributed by atoms with Crippen LogP contribution >= 0.6 is 0 Å². The van der Waals surface area contributed by atoms with Crippen LogP contribution in [0.15, 0.2) is 0 Å². The summed E-state index contributed by atoms with van der Waals surface area (Å²) in [5.41, 5.74) is 0. The average molecular weight is 393 g/mol. The molecule has 0 unspecified atom stereocenters. The summed E-state index contributed by atoms with van der Waals surface area (Å²) in [6.45, 7) is 2.77. The van der Waals surface area contributed by atoms with Crippen LogP contribution in [0, 0.1) is 0 Å². The van der Waals surface area contributed by atoms with Gasteiger partial charge < -0.3 is 15.3 Å². The zero-order chi connectivity index (χ0) is 19.7. The van der Waals surface area contributed by atoms with Crippen LogP contribution in [-0.2, 0) is 9.59 Å². The van der Waals surface area contributed by atoms with Crippen LogP contribution in [0.5, 0.6) is 0 Å². The van der Waals surface area contributed by atoms with Gasteiger partial charge in [0.2, 0.25) is 11.8 Å². The maximum atomic E-state index is 12.9. The van der Waals surface area contributed by atoms with Gasteiger partial charge in [-0.25, -0.2) is 0 Å². The Bertz CT molecular complexity index is 580. The summed E-state index contributed by atoms with van der Waals surface area (Å²) in [5.74, 6) is 0.309. The fourth-order valence-corrected chi connectivity index (χ4v) is 5.83. The van der Waals surface area contributed by atoms with E-state index in [-0.39, 0.29) is 36.0 Å². The SMILES string of the molecule is CN1[C@@H](CCC(=O)N2CC[C@@H](O)C2)CNC(=O)[C@@H]2[C@H]1CCN2C1CCCCC1. The van der Waals surface area contributed by atoms with E-state index in [1.165, 1.54) is 32.1 Å². The number of carbonyl (C=O) groups excluding carboxylic acids is 2. The molecule has 28 heavy (non-hydrogen) atoms. The van der Waals surface area contributed by atoms with Crippen LogP contribution < -0.4 is 5.32 Å². The normalized spacial score (nSPS) is 35.6. The second-order valence-electron chi connectivity index (χ2n) is 9.22. The summed E-state index contributed by atoms with van der Waals surface area (Å²) in [6, 6.07) is 0.963. The molecular formula is C21H36N4O3. The van der Waals surface area contributed by atoms with Gasteiger partial charge in [0.15, 0.2) is 0 Å². The Kier molecular flexibility index (Phi) is 6.23. The summed E-state index contributed by atoms with van der Waals surface area (Å²) >= 11 is 0. The second kappa shape index (κ2) is 8.67. The number of aliphatic hydroxyl groups excluding tert-OH is 1. The minimum atomic E-state index is -0.367. The number of amides is 2. The quantitative estimate of drug-likeness (QED) is 0.731. The van der Waals surface area contributed by atoms with Crippen molar-refractivity contribution in [2.24, 2.45) is 0 Å². The number of rotatable bonds is 4. The standard InChI is InChI=1S/C21H36N4O3/c1-23-16(7-8-19(27)24-11-9-17(26)14-24)13-22-21(28)20-18(23)10-12-25(20)15-5-3-2-4-6-15/h15-18,20,26H,2-14H2,1H3,(H,22,28)/t16-,17+,18+,20-/m0/s1. The molecule has 158 valence electrons. The third-order valence-electron chi connectivity index (χ3n) is 7.54. The molecule has 2 N–H and O–H groups in total. The monoisotopic (exact) mass is 392 g/mol. The van der Waals surface area contributed by atoms with Crippen molar-refractivity contribution in [3.8, 4) is 0 Å². The highest BCUT2D eigenvalue weighted by Crippen LogP contribution is 2.33. The lowest BCUT2D eigenvalue weighted by Gasteiger charge is -2.37. The fraction of sp³-hybridized carbons (Fsp3) is 0.905. The minimum Gasteiger partial charge on any atom is -0.391 e. The summed E-state index contributed by atoms with van der Waals surface area (Å²) < 4.78 is 0. The van der Waals surface area contributed by atoms with E-state index in [1.54, 1.807) is 4.90 Å². The molecule has 1 aliphatic carbocycles. The Morgan fingerprint density at radius 2 is 1.93 bits per heavy atom. The first-order chi connectivity index (χ1) is 13.5. The van der Waals surface area contributed by atoms with Crippen LogP contribution in [0.25, 0.3) is 0 Å². The second-order valence-corrected chi connectivity index (χ2v) is 9.22. The third kappa shape index (κ3) is 4.07. The molecular weight excluding hydrogens is 356 g/mol. The number of likely N-dealkylation sites (tertiary alicyclic amines) is 2. The molecule has 3 saturated heterocycles. The molecule has 7 heteroatoms. The summed E-state index contributed by atoms with van der Waals surface area (Å²) in [7, 11) is 2.14. The number of nitrogens with one attached hydrogen (secondary N) is 1. The highest BCUT2D eigenvalue weighted by atomic mass is 16.3. The molecule has 0 radical (unpaired) electrons. The highest BCUT2D eigenvalue weighted by molar-refractivity contribution is 5.83. The molecule has 4 aliphatic rings. The van der Waals surface area contributed by atoms with Gasteiger partial charge in [0.25, 0.3) is 0 Å². The number of fused-ring (bicyclic) bond motifs is 1. The molecule has 0 aromatic heterocycles. The third-order valence-corrected chi connectivity index (χ3v) is 7.54. The lowest BCUT2D eigenvalue weighted by Crippen LogP contribution is -2.53. The van der Waals surface area contributed by atoms with Gasteiger partial charge >= 0.3 is 0 Å². The number of likely N-dealkylation sites (N-methyl/N-ethyl adjacent to an activating group) is 1. The smallest absolute Gasteiger partial charge is 0.239 e. The average Bonchev–Trinajstić information content (AvgIpc) is 3.32. The first-order valence-corrected chi connectivity index (χ1v) is 11.3. The molecule has 4 fully saturated rings. The van der Waals surface area contributed by atoms with Gasteiger partial charge in [0.1, 0.15) is 6.04 Å². The molecule has 7 nitrogen and oxygen atoms in total. The van der Waals surface area contributed by atoms with E-state index in [1.807, 2.05) is 0 Å². The molecule has 0 aromatic rings. The summed E-state index contributed by atoms with van der Waals surface area (Å²) in [6.07, 6.45) is 8.94. The van der Waals surface area contributed by atoms with Crippen molar-refractivity contribution in [1.82, 2.24) is 20.0 Å². The Balaban J connectivity index is 1.37. The van der Waals surface area contributed by atoms with Crippen LogP contribution in [0.4, 0.5) is 0 Å². The Morgan fingerprint density at radius 3 is 2.64 bits per heavy atom. The summed E-state index contributed by atoms with van der Waals surface area (Å²) in [5, 5.41) is 12.8. The van der Waals surface area contributed by atoms with Gasteiger partial charge in [-0.1, -0.05) is 19.3 Å². The number of hydrogen-bond donors (Lipinski definition) is 2. The molecule has 3 aliphatic heterocycles. The van der Waals surface area contributed by atoms with Crippen LogP contribution in [0.3, 0.4) is 0 Å². The van der Waals surface area contributed by atoms with Crippen LogP contribution in [0.1, 0.15) is 57.8 Å². The molecule has 0 aromatic carbocycles. The summed E-state index contributed by atoms with van der Waals surface area (Å²) in [4.78, 5) is 32.1. The van der Waals surface area contributed by atoms with E-state index in [4.69, 9.17) is 0 Å². The van der Waals surface area contributed by atoms with Crippen molar-refractivity contribution in [3.63, 3.8) is 0 Å². The lowest BCUT2D eigenvalue weighted by molar-refractivity contribution is -0.131. The number of β-amino-alcohol motifs (C(OH)–C–C–N with tert-alkyl or cyclic N) is 1. The number of hydrogen-bond acceptors (Lipinski definition) is 5. The van der Waals surface area contributed by atoms with Crippen molar-refractivity contribution in [2.45, 2.75) is 88.1 Å². The van der Waals surface area contributed by atoms with Crippen molar-refractivity contribution in [1.29, 1.82) is 0 Å². The minimum absolute atomic E-state index is 0.0393. The van der Waals surface area contributed by atoms with Gasteiger partial charge in [-0.2, -0.15) is 0 Å². The van der Waals surface area contributed by atoms with Crippen molar-refractivity contribution in [2.75, 3.05) is 33.2 Å². The predicted molar refractivity (Wildman–Crippen MR) is 107 cm³/mol. The number of nitrogens with zero attached hydrogens (tertiary/aromatic N) is 3. The number of carbonyl (C=O) groups is 2. The van der Waals surface area contributed by atoms with Crippen LogP contribution in [0.2, 0.25) is 0 Å². The maximum Gasteiger partial charge on any atom is 0.239 e. The predicted octanol–water partition coefficient (Wildman–Crippen LogP) is 0.566. The van der Waals surface area contributed by atoms with E-state index in [9.17, 15) is 14.7 Å². The Labute approximate surface area is 168 Å². The van der Waals surface area contributed by atoms with Crippen molar-refractivity contribution < 1.29 is 14.7 Å². The molecule has 0 bridgehead atoms. The van der Waals surface area contributed by atoms with E-state index in [2.05, 4.69) is 22.2 Å². The van der Waals surface area contributed by atoms with E-state index in [0.29, 0.717) is 38.5 Å². The molecule has 4 atom stereocenters. The van der Waals surface area contributed by atoms with Crippen molar-refractivity contribution in [3.05, 3.63) is 0 Å². The van der Waals surface area contributed by atoms with E-state index < -0.39 is 0 Å². The van der Waals surface area contributed by atoms with E-state index >= 15 is 0 Å². The topological polar surface area (TPSA) is 76.1 Å². The fourth-order valence-electron chi connectivity index (χ4n) is 5.83. The highest BCUT2D eigenvalue weighted by Gasteiger charge is 2.47. The molecule has 4 rings (SSSR count). The maximum absolute atomic E-state index is 12.9. The van der Waals surface area contributed by atoms with Gasteiger partial charge in [0, 0.05) is 50.7 Å². The van der Waals surface area contributed by atoms with Crippen molar-refractivity contribution >= 4 is 11.8 Å². The first-order valence-electron chi connectivity index (χ1n) is 11.3. The molecule has 0 spiro atoms. The Morgan fingerprint density at radius 1 is 1.14 bits per heavy atom. The van der Waals surface area contributed by atoms with Gasteiger partial charge in [-0.3, -0.25) is 19.4 Å². The molecule has 1 saturated carbocycles. The van der Waals surface area contributed by atoms with Gasteiger partial charge in [-0.05, 0) is 39.2 Å². The lowest BCUT2D eigenvalue weighted by atomic mass is 9.93. The van der Waals surface area contributed by atoms with Crippen LogP contribution in [-0.4, -0.2) is 95.1 Å². The number of aliphatic hydroxyl groups is 1. The Hall–Kier alpha value is -1.18. The zero-order valence-electron chi connectivity index (χ0n) is 17.2. The molecule has 3 heterocycles. The molecule has 2 amide bonds. The van der Waals surface area contributed by atoms with Gasteiger partial charge in [-0.15, -0.1) is 0 Å². The largest absolute Gasteiger partial charge is 0.391 e. The van der Waals surface area contributed by atoms with Gasteiger partial charge in [0.05, 0.1) is 6.10 Å². The first kappa shape index (κ1) is 20.1. The van der Waals surface area contributed by atoms with E-state index in [0.717, 1.165) is 19.4 Å². The zero-order valence-corrected chi connectivity index (χ0v) is 17.2.